The zero-order valence-electron chi connectivity index (χ0n) is 15.1. The summed E-state index contributed by atoms with van der Waals surface area (Å²) in [4.78, 5) is 0. The lowest BCUT2D eigenvalue weighted by Gasteiger charge is -2.26. The Bertz CT molecular complexity index is 889. The summed E-state index contributed by atoms with van der Waals surface area (Å²) >= 11 is 11.1. The quantitative estimate of drug-likeness (QED) is 0.351. The average Bonchev–Trinajstić information content (AvgIpc) is 2.71. The van der Waals surface area contributed by atoms with Crippen LogP contribution in [0.3, 0.4) is 0 Å². The minimum Gasteiger partial charge on any atom is -0.509 e. The molecule has 0 fully saturated rings. The van der Waals surface area contributed by atoms with Gasteiger partial charge in [0.05, 0.1) is 10.0 Å². The van der Waals surface area contributed by atoms with E-state index in [9.17, 15) is 39.4 Å². The highest BCUT2D eigenvalue weighted by molar-refractivity contribution is 6.31. The summed E-state index contributed by atoms with van der Waals surface area (Å²) in [5.74, 6) is -3.26. The van der Waals surface area contributed by atoms with Gasteiger partial charge >= 0.3 is 0 Å². The third-order valence-electron chi connectivity index (χ3n) is 4.12. The van der Waals surface area contributed by atoms with E-state index in [4.69, 9.17) is 23.2 Å². The maximum Gasteiger partial charge on any atom is 0.142 e. The highest BCUT2D eigenvalue weighted by Crippen LogP contribution is 2.21. The Balaban J connectivity index is 2.14. The van der Waals surface area contributed by atoms with Gasteiger partial charge < -0.3 is 30.6 Å². The fourth-order valence-corrected chi connectivity index (χ4v) is 2.68. The molecule has 0 saturated heterocycles. The van der Waals surface area contributed by atoms with E-state index >= 15 is 0 Å². The summed E-state index contributed by atoms with van der Waals surface area (Å²) in [5, 5.41) is 59.6. The van der Waals surface area contributed by atoms with Crippen molar-refractivity contribution in [3.05, 3.63) is 80.7 Å². The smallest absolute Gasteiger partial charge is 0.142 e. The molecule has 0 radical (unpaired) electrons. The third kappa shape index (κ3) is 5.91. The van der Waals surface area contributed by atoms with Crippen molar-refractivity contribution in [2.75, 3.05) is 0 Å². The Kier molecular flexibility index (Phi) is 8.19. The number of benzene rings is 2. The molecular weight excluding hydrogens is 445 g/mol. The van der Waals surface area contributed by atoms with Crippen molar-refractivity contribution in [3.63, 3.8) is 0 Å². The van der Waals surface area contributed by atoms with Crippen LogP contribution in [0.25, 0.3) is 12.2 Å². The van der Waals surface area contributed by atoms with Crippen LogP contribution in [0.15, 0.2) is 47.9 Å². The van der Waals surface area contributed by atoms with E-state index in [1.165, 1.54) is 24.3 Å². The topological polar surface area (TPSA) is 121 Å². The van der Waals surface area contributed by atoms with Crippen LogP contribution in [0.2, 0.25) is 10.0 Å². The van der Waals surface area contributed by atoms with Gasteiger partial charge in [-0.3, -0.25) is 0 Å². The van der Waals surface area contributed by atoms with E-state index in [0.29, 0.717) is 0 Å². The van der Waals surface area contributed by atoms with Crippen molar-refractivity contribution in [3.8, 4) is 0 Å². The number of aliphatic hydroxyl groups excluding tert-OH is 6. The van der Waals surface area contributed by atoms with E-state index in [2.05, 4.69) is 0 Å². The van der Waals surface area contributed by atoms with Crippen molar-refractivity contribution < 1.29 is 39.4 Å². The molecule has 6 nitrogen and oxygen atoms in total. The molecular formula is C20H18Cl2F2O6. The van der Waals surface area contributed by atoms with Crippen LogP contribution < -0.4 is 0 Å². The molecule has 2 rings (SSSR count). The molecule has 0 aliphatic carbocycles. The number of halogens is 4. The predicted octanol–water partition coefficient (Wildman–Crippen LogP) is 3.21. The summed E-state index contributed by atoms with van der Waals surface area (Å²) in [6.45, 7) is 0. The molecule has 2 aromatic rings. The molecule has 0 aromatic heterocycles. The summed E-state index contributed by atoms with van der Waals surface area (Å²) in [6.07, 6.45) is -6.64. The van der Waals surface area contributed by atoms with Gasteiger partial charge in [-0.25, -0.2) is 8.78 Å². The van der Waals surface area contributed by atoms with Gasteiger partial charge in [0.25, 0.3) is 0 Å². The van der Waals surface area contributed by atoms with Crippen LogP contribution in [-0.2, 0) is 0 Å². The summed E-state index contributed by atoms with van der Waals surface area (Å²) in [7, 11) is 0. The van der Waals surface area contributed by atoms with Crippen molar-refractivity contribution in [1.29, 1.82) is 0 Å². The highest BCUT2D eigenvalue weighted by atomic mass is 35.5. The van der Waals surface area contributed by atoms with Crippen molar-refractivity contribution in [2.45, 2.75) is 24.4 Å². The molecule has 0 aliphatic heterocycles. The second-order valence-electron chi connectivity index (χ2n) is 6.36. The fraction of sp³-hybridized carbons (Fsp3) is 0.200. The molecule has 10 heteroatoms. The lowest BCUT2D eigenvalue weighted by Crippen LogP contribution is -2.45. The Labute approximate surface area is 180 Å². The summed E-state index contributed by atoms with van der Waals surface area (Å²) < 4.78 is 26.9. The van der Waals surface area contributed by atoms with Gasteiger partial charge in [0, 0.05) is 0 Å². The zero-order chi connectivity index (χ0) is 22.6. The van der Waals surface area contributed by atoms with Crippen LogP contribution in [0.4, 0.5) is 8.78 Å². The largest absolute Gasteiger partial charge is 0.509 e. The molecule has 2 aromatic carbocycles. The van der Waals surface area contributed by atoms with Crippen LogP contribution >= 0.6 is 23.2 Å². The Morgan fingerprint density at radius 1 is 0.700 bits per heavy atom. The lowest BCUT2D eigenvalue weighted by atomic mass is 9.98. The van der Waals surface area contributed by atoms with Gasteiger partial charge in [-0.15, -0.1) is 0 Å². The number of hydrogen-bond donors (Lipinski definition) is 6. The molecule has 0 bridgehead atoms. The average molecular weight is 463 g/mol. The first-order valence-corrected chi connectivity index (χ1v) is 9.20. The molecule has 0 spiro atoms. The third-order valence-corrected chi connectivity index (χ3v) is 4.73. The Morgan fingerprint density at radius 2 is 1.03 bits per heavy atom. The molecule has 0 heterocycles. The first-order chi connectivity index (χ1) is 14.0. The van der Waals surface area contributed by atoms with Gasteiger partial charge in [0.2, 0.25) is 0 Å². The van der Waals surface area contributed by atoms with Gasteiger partial charge in [-0.2, -0.15) is 0 Å². The molecule has 0 unspecified atom stereocenters. The van der Waals surface area contributed by atoms with Crippen LogP contribution in [0.1, 0.15) is 11.1 Å². The molecule has 0 aliphatic rings. The van der Waals surface area contributed by atoms with E-state index in [1.807, 2.05) is 0 Å². The predicted molar refractivity (Wildman–Crippen MR) is 108 cm³/mol. The Hall–Kier alpha value is -2.20. The Morgan fingerprint density at radius 3 is 1.33 bits per heavy atom. The second kappa shape index (κ2) is 10.2. The molecule has 6 N–H and O–H groups in total. The standard InChI is InChI=1S/C20H18Cl2F2O6/c21-11-3-1-9(5-13(11)23)7-15(25)17(27)19(29)20(30)18(28)16(26)8-10-2-4-12(22)14(24)6-10/h1-8,17-20,25-30H/b15-7+,16-8?/t17-,18+,19+,20+/m0/s1. The monoisotopic (exact) mass is 462 g/mol. The first-order valence-electron chi connectivity index (χ1n) is 8.44. The van der Waals surface area contributed by atoms with E-state index in [-0.39, 0.29) is 21.2 Å². The van der Waals surface area contributed by atoms with E-state index in [0.717, 1.165) is 24.3 Å². The first kappa shape index (κ1) is 24.1. The van der Waals surface area contributed by atoms with Crippen LogP contribution in [-0.4, -0.2) is 55.1 Å². The van der Waals surface area contributed by atoms with Crippen LogP contribution in [0.5, 0.6) is 0 Å². The number of aliphatic hydroxyl groups is 6. The van der Waals surface area contributed by atoms with Gasteiger partial charge in [0.15, 0.2) is 0 Å². The second-order valence-corrected chi connectivity index (χ2v) is 7.17. The fourth-order valence-electron chi connectivity index (χ4n) is 2.44. The minimum absolute atomic E-state index is 0.100. The van der Waals surface area contributed by atoms with Crippen LogP contribution in [0, 0.1) is 11.6 Å². The van der Waals surface area contributed by atoms with Crippen molar-refractivity contribution in [2.24, 2.45) is 0 Å². The molecule has 0 saturated carbocycles. The summed E-state index contributed by atoms with van der Waals surface area (Å²) in [5.41, 5.74) is 0.200. The molecule has 4 atom stereocenters. The zero-order valence-corrected chi connectivity index (χ0v) is 16.6. The minimum atomic E-state index is -2.15. The van der Waals surface area contributed by atoms with E-state index < -0.39 is 47.6 Å². The molecule has 162 valence electrons. The normalized spacial score (nSPS) is 16.8. The van der Waals surface area contributed by atoms with Crippen molar-refractivity contribution in [1.82, 2.24) is 0 Å². The highest BCUT2D eigenvalue weighted by Gasteiger charge is 2.34. The maximum atomic E-state index is 13.4. The van der Waals surface area contributed by atoms with E-state index in [1.54, 1.807) is 0 Å². The summed E-state index contributed by atoms with van der Waals surface area (Å²) in [6, 6.07) is 6.99. The lowest BCUT2D eigenvalue weighted by molar-refractivity contribution is -0.0996. The molecule has 30 heavy (non-hydrogen) atoms. The maximum absolute atomic E-state index is 13.4. The number of rotatable bonds is 7. The number of hydrogen-bond acceptors (Lipinski definition) is 6. The van der Waals surface area contributed by atoms with Crippen molar-refractivity contribution >= 4 is 35.4 Å². The molecule has 0 amide bonds. The SMILES string of the molecule is OC(=Cc1ccc(Cl)c(F)c1)[C@@H](O)[C@@H](O)[C@H](O)[C@@H](O)/C(O)=C\c1ccc(Cl)c(F)c1. The van der Waals surface area contributed by atoms with Gasteiger partial charge in [0.1, 0.15) is 47.6 Å². The van der Waals surface area contributed by atoms with Gasteiger partial charge in [-0.05, 0) is 47.5 Å². The van der Waals surface area contributed by atoms with Gasteiger partial charge in [-0.1, -0.05) is 35.3 Å².